The van der Waals surface area contributed by atoms with E-state index in [9.17, 15) is 4.39 Å². The Labute approximate surface area is 72.6 Å². The lowest BCUT2D eigenvalue weighted by molar-refractivity contribution is 0.596. The average molecular weight is 167 g/mol. The fourth-order valence-corrected chi connectivity index (χ4v) is 1.34. The van der Waals surface area contributed by atoms with Gasteiger partial charge in [-0.25, -0.2) is 4.39 Å². The van der Waals surface area contributed by atoms with Crippen LogP contribution in [0.4, 0.5) is 4.39 Å². The zero-order valence-corrected chi connectivity index (χ0v) is 7.55. The lowest BCUT2D eigenvalue weighted by Gasteiger charge is -2.10. The Morgan fingerprint density at radius 3 is 2.42 bits per heavy atom. The number of aromatic nitrogens is 1. The van der Waals surface area contributed by atoms with Crippen molar-refractivity contribution in [2.75, 3.05) is 0 Å². The van der Waals surface area contributed by atoms with Gasteiger partial charge < -0.3 is 0 Å². The van der Waals surface area contributed by atoms with Crippen molar-refractivity contribution < 1.29 is 4.39 Å². The van der Waals surface area contributed by atoms with E-state index in [1.807, 2.05) is 0 Å². The molecule has 0 aromatic carbocycles. The topological polar surface area (TPSA) is 12.9 Å². The number of rotatable bonds is 3. The van der Waals surface area contributed by atoms with Crippen molar-refractivity contribution >= 4 is 0 Å². The van der Waals surface area contributed by atoms with Crippen LogP contribution in [-0.4, -0.2) is 4.98 Å². The lowest BCUT2D eigenvalue weighted by Crippen LogP contribution is -1.98. The molecule has 1 rings (SSSR count). The van der Waals surface area contributed by atoms with Gasteiger partial charge in [-0.2, -0.15) is 0 Å². The van der Waals surface area contributed by atoms with Crippen LogP contribution in [0.25, 0.3) is 0 Å². The summed E-state index contributed by atoms with van der Waals surface area (Å²) >= 11 is 0. The third-order valence-corrected chi connectivity index (χ3v) is 2.15. The molecule has 0 bridgehead atoms. The SMILES string of the molecule is CCC(CC)c1ccc(F)cn1. The van der Waals surface area contributed by atoms with Crippen molar-refractivity contribution in [1.29, 1.82) is 0 Å². The summed E-state index contributed by atoms with van der Waals surface area (Å²) in [7, 11) is 0. The first-order chi connectivity index (χ1) is 5.77. The molecule has 0 N–H and O–H groups in total. The Morgan fingerprint density at radius 1 is 1.33 bits per heavy atom. The molecule has 1 aromatic rings. The maximum atomic E-state index is 12.5. The van der Waals surface area contributed by atoms with E-state index in [0.29, 0.717) is 5.92 Å². The number of hydrogen-bond acceptors (Lipinski definition) is 1. The normalized spacial score (nSPS) is 10.7. The van der Waals surface area contributed by atoms with Crippen LogP contribution >= 0.6 is 0 Å². The van der Waals surface area contributed by atoms with Gasteiger partial charge in [0.1, 0.15) is 5.82 Å². The first kappa shape index (κ1) is 9.17. The highest BCUT2D eigenvalue weighted by Crippen LogP contribution is 2.20. The maximum absolute atomic E-state index is 12.5. The number of hydrogen-bond donors (Lipinski definition) is 0. The van der Waals surface area contributed by atoms with Crippen LogP contribution in [-0.2, 0) is 0 Å². The van der Waals surface area contributed by atoms with Crippen molar-refractivity contribution in [3.63, 3.8) is 0 Å². The Bertz CT molecular complexity index is 226. The molecule has 0 amide bonds. The van der Waals surface area contributed by atoms with Crippen LogP contribution in [0.15, 0.2) is 18.3 Å². The van der Waals surface area contributed by atoms with Crippen LogP contribution in [0.5, 0.6) is 0 Å². The molecule has 1 nitrogen and oxygen atoms in total. The molecule has 0 aliphatic carbocycles. The Kier molecular flexibility index (Phi) is 3.20. The molecule has 0 saturated heterocycles. The molecule has 12 heavy (non-hydrogen) atoms. The highest BCUT2D eigenvalue weighted by molar-refractivity contribution is 5.09. The van der Waals surface area contributed by atoms with Crippen LogP contribution in [0.2, 0.25) is 0 Å². The van der Waals surface area contributed by atoms with Crippen molar-refractivity contribution in [3.8, 4) is 0 Å². The fourth-order valence-electron chi connectivity index (χ4n) is 1.34. The highest BCUT2D eigenvalue weighted by Gasteiger charge is 2.07. The number of nitrogens with zero attached hydrogens (tertiary/aromatic N) is 1. The molecule has 0 atom stereocenters. The van der Waals surface area contributed by atoms with Crippen LogP contribution in [0.3, 0.4) is 0 Å². The minimum absolute atomic E-state index is 0.260. The van der Waals surface area contributed by atoms with Gasteiger partial charge in [0.05, 0.1) is 6.20 Å². The fraction of sp³-hybridized carbons (Fsp3) is 0.500. The molecule has 1 aromatic heterocycles. The van der Waals surface area contributed by atoms with Gasteiger partial charge in [0.2, 0.25) is 0 Å². The molecule has 0 aliphatic rings. The van der Waals surface area contributed by atoms with Crippen LogP contribution < -0.4 is 0 Å². The molecule has 0 radical (unpaired) electrons. The van der Waals surface area contributed by atoms with Gasteiger partial charge in [-0.1, -0.05) is 13.8 Å². The van der Waals surface area contributed by atoms with Crippen molar-refractivity contribution in [3.05, 3.63) is 29.8 Å². The zero-order valence-electron chi connectivity index (χ0n) is 7.55. The molecule has 0 spiro atoms. The summed E-state index contributed by atoms with van der Waals surface area (Å²) in [5.74, 6) is 0.218. The quantitative estimate of drug-likeness (QED) is 0.674. The van der Waals surface area contributed by atoms with E-state index in [4.69, 9.17) is 0 Å². The smallest absolute Gasteiger partial charge is 0.141 e. The Morgan fingerprint density at radius 2 is 2.00 bits per heavy atom. The van der Waals surface area contributed by atoms with Gasteiger partial charge in [-0.3, -0.25) is 4.98 Å². The Hall–Kier alpha value is -0.920. The minimum atomic E-state index is -0.260. The van der Waals surface area contributed by atoms with E-state index in [2.05, 4.69) is 18.8 Å². The second-order valence-electron chi connectivity index (χ2n) is 2.91. The van der Waals surface area contributed by atoms with Crippen molar-refractivity contribution in [2.45, 2.75) is 32.6 Å². The van der Waals surface area contributed by atoms with Crippen molar-refractivity contribution in [2.24, 2.45) is 0 Å². The van der Waals surface area contributed by atoms with Gasteiger partial charge in [0, 0.05) is 11.6 Å². The summed E-state index contributed by atoms with van der Waals surface area (Å²) in [6.45, 7) is 4.25. The summed E-state index contributed by atoms with van der Waals surface area (Å²) in [5.41, 5.74) is 1.00. The minimum Gasteiger partial charge on any atom is -0.258 e. The van der Waals surface area contributed by atoms with E-state index in [0.717, 1.165) is 18.5 Å². The molecule has 0 fully saturated rings. The highest BCUT2D eigenvalue weighted by atomic mass is 19.1. The second kappa shape index (κ2) is 4.19. The lowest BCUT2D eigenvalue weighted by atomic mass is 9.99. The molecule has 1 heterocycles. The molecule has 2 heteroatoms. The summed E-state index contributed by atoms with van der Waals surface area (Å²) in [5, 5.41) is 0. The number of pyridine rings is 1. The van der Waals surface area contributed by atoms with E-state index in [1.54, 1.807) is 6.07 Å². The molecule has 0 aliphatic heterocycles. The van der Waals surface area contributed by atoms with E-state index >= 15 is 0 Å². The summed E-state index contributed by atoms with van der Waals surface area (Å²) in [6, 6.07) is 3.24. The monoisotopic (exact) mass is 167 g/mol. The summed E-state index contributed by atoms with van der Waals surface area (Å²) < 4.78 is 12.5. The molecule has 0 saturated carbocycles. The third-order valence-electron chi connectivity index (χ3n) is 2.15. The van der Waals surface area contributed by atoms with Crippen LogP contribution in [0.1, 0.15) is 38.3 Å². The number of halogens is 1. The largest absolute Gasteiger partial charge is 0.258 e. The second-order valence-corrected chi connectivity index (χ2v) is 2.91. The van der Waals surface area contributed by atoms with E-state index in [1.165, 1.54) is 12.3 Å². The summed E-state index contributed by atoms with van der Waals surface area (Å²) in [4.78, 5) is 4.05. The first-order valence-electron chi connectivity index (χ1n) is 4.39. The van der Waals surface area contributed by atoms with Gasteiger partial charge >= 0.3 is 0 Å². The van der Waals surface area contributed by atoms with Gasteiger partial charge in [-0.05, 0) is 25.0 Å². The van der Waals surface area contributed by atoms with Gasteiger partial charge in [0.25, 0.3) is 0 Å². The predicted molar refractivity (Wildman–Crippen MR) is 47.5 cm³/mol. The van der Waals surface area contributed by atoms with Gasteiger partial charge in [0.15, 0.2) is 0 Å². The zero-order chi connectivity index (χ0) is 8.97. The first-order valence-corrected chi connectivity index (χ1v) is 4.39. The van der Waals surface area contributed by atoms with Crippen LogP contribution in [0, 0.1) is 5.82 Å². The average Bonchev–Trinajstić information content (AvgIpc) is 2.10. The van der Waals surface area contributed by atoms with Crippen molar-refractivity contribution in [1.82, 2.24) is 4.98 Å². The molecule has 0 unspecified atom stereocenters. The van der Waals surface area contributed by atoms with E-state index in [-0.39, 0.29) is 5.82 Å². The maximum Gasteiger partial charge on any atom is 0.141 e. The van der Waals surface area contributed by atoms with E-state index < -0.39 is 0 Å². The molecular formula is C10H14FN. The summed E-state index contributed by atoms with van der Waals surface area (Å²) in [6.07, 6.45) is 3.41. The molecule has 66 valence electrons. The third kappa shape index (κ3) is 2.03. The standard InChI is InChI=1S/C10H14FN/c1-3-8(4-2)10-6-5-9(11)7-12-10/h5-8H,3-4H2,1-2H3. The Balaban J connectivity index is 2.80. The molecular weight excluding hydrogens is 153 g/mol. The van der Waals surface area contributed by atoms with Gasteiger partial charge in [-0.15, -0.1) is 0 Å². The predicted octanol–water partition coefficient (Wildman–Crippen LogP) is 3.12.